The summed E-state index contributed by atoms with van der Waals surface area (Å²) in [4.78, 5) is 0. The number of fused-ring (bicyclic) bond motifs is 4. The fourth-order valence-electron chi connectivity index (χ4n) is 5.77. The highest BCUT2D eigenvalue weighted by molar-refractivity contribution is 7.58. The van der Waals surface area contributed by atoms with Crippen LogP contribution < -0.4 is 0 Å². The lowest BCUT2D eigenvalue weighted by atomic mass is 9.70. The Balaban J connectivity index is 1.71. The predicted octanol–water partition coefficient (Wildman–Crippen LogP) is 4.48. The smallest absolute Gasteiger partial charge is 0.0178 e. The highest BCUT2D eigenvalue weighted by Gasteiger charge is 2.49. The third-order valence-electron chi connectivity index (χ3n) is 6.57. The zero-order chi connectivity index (χ0) is 10.7. The molecule has 4 rings (SSSR count). The molecular formula is C15H25P. The summed E-state index contributed by atoms with van der Waals surface area (Å²) in [6, 6.07) is 0. The van der Waals surface area contributed by atoms with Crippen LogP contribution in [-0.4, -0.2) is 18.0 Å². The SMILES string of the molecule is CP1C2CC3CCC(CC3C2)C2CCCC21. The second-order valence-corrected chi connectivity index (χ2v) is 9.77. The molecule has 0 aromatic carbocycles. The molecule has 1 aliphatic heterocycles. The van der Waals surface area contributed by atoms with Gasteiger partial charge in [-0.05, 0) is 86.6 Å². The minimum atomic E-state index is 0.389. The van der Waals surface area contributed by atoms with Crippen LogP contribution in [0.3, 0.4) is 0 Å². The third kappa shape index (κ3) is 1.38. The van der Waals surface area contributed by atoms with Crippen molar-refractivity contribution in [2.45, 2.75) is 62.7 Å². The first-order chi connectivity index (χ1) is 7.83. The highest BCUT2D eigenvalue weighted by Crippen LogP contribution is 2.65. The second-order valence-electron chi connectivity index (χ2n) is 7.05. The summed E-state index contributed by atoms with van der Waals surface area (Å²) in [5.74, 6) is 4.69. The van der Waals surface area contributed by atoms with Crippen LogP contribution in [0.25, 0.3) is 0 Å². The van der Waals surface area contributed by atoms with E-state index < -0.39 is 0 Å². The Hall–Kier alpha value is 0.430. The van der Waals surface area contributed by atoms with Gasteiger partial charge in [0.15, 0.2) is 0 Å². The van der Waals surface area contributed by atoms with E-state index in [4.69, 9.17) is 0 Å². The third-order valence-corrected chi connectivity index (χ3v) is 9.83. The monoisotopic (exact) mass is 236 g/mol. The summed E-state index contributed by atoms with van der Waals surface area (Å²) in [6.07, 6.45) is 12.9. The van der Waals surface area contributed by atoms with E-state index in [9.17, 15) is 0 Å². The molecule has 7 unspecified atom stereocenters. The van der Waals surface area contributed by atoms with Crippen LogP contribution in [0.4, 0.5) is 0 Å². The van der Waals surface area contributed by atoms with Crippen molar-refractivity contribution in [2.24, 2.45) is 23.7 Å². The standard InChI is InChI=1S/C15H25P/c1-16-13-8-10-5-6-11(7-12(10)9-13)14-3-2-4-15(14)16/h10-15H,2-9H2,1H3. The van der Waals surface area contributed by atoms with Crippen molar-refractivity contribution in [1.82, 2.24) is 0 Å². The normalized spacial score (nSPS) is 59.4. The lowest BCUT2D eigenvalue weighted by Crippen LogP contribution is -2.31. The first-order valence-corrected chi connectivity index (χ1v) is 9.47. The molecule has 0 nitrogen and oxygen atoms in total. The quantitative estimate of drug-likeness (QED) is 0.544. The van der Waals surface area contributed by atoms with Crippen LogP contribution in [-0.2, 0) is 0 Å². The maximum Gasteiger partial charge on any atom is -0.0178 e. The summed E-state index contributed by atoms with van der Waals surface area (Å²) >= 11 is 0. The largest absolute Gasteiger partial charge is 0.103 e. The van der Waals surface area contributed by atoms with Crippen molar-refractivity contribution in [3.05, 3.63) is 0 Å². The predicted molar refractivity (Wildman–Crippen MR) is 71.3 cm³/mol. The van der Waals surface area contributed by atoms with Crippen LogP contribution in [0.1, 0.15) is 51.4 Å². The number of hydrogen-bond acceptors (Lipinski definition) is 0. The van der Waals surface area contributed by atoms with Gasteiger partial charge in [0.2, 0.25) is 0 Å². The van der Waals surface area contributed by atoms with Gasteiger partial charge in [0, 0.05) is 0 Å². The highest BCUT2D eigenvalue weighted by atomic mass is 31.1. The van der Waals surface area contributed by atoms with Gasteiger partial charge in [0.05, 0.1) is 0 Å². The van der Waals surface area contributed by atoms with E-state index >= 15 is 0 Å². The van der Waals surface area contributed by atoms with Crippen molar-refractivity contribution in [3.8, 4) is 0 Å². The fourth-order valence-corrected chi connectivity index (χ4v) is 9.11. The van der Waals surface area contributed by atoms with Gasteiger partial charge in [0.1, 0.15) is 0 Å². The van der Waals surface area contributed by atoms with E-state index in [1.54, 1.807) is 51.4 Å². The molecule has 7 atom stereocenters. The topological polar surface area (TPSA) is 0 Å². The molecule has 3 aliphatic carbocycles. The molecule has 4 fully saturated rings. The molecule has 0 N–H and O–H groups in total. The van der Waals surface area contributed by atoms with Gasteiger partial charge in [-0.1, -0.05) is 6.42 Å². The Kier molecular flexibility index (Phi) is 2.40. The van der Waals surface area contributed by atoms with Crippen LogP contribution in [0.15, 0.2) is 0 Å². The molecule has 1 heterocycles. The first-order valence-electron chi connectivity index (χ1n) is 7.55. The summed E-state index contributed by atoms with van der Waals surface area (Å²) in [6.45, 7) is 2.68. The second kappa shape index (κ2) is 3.71. The first kappa shape index (κ1) is 10.4. The van der Waals surface area contributed by atoms with Crippen LogP contribution in [0, 0.1) is 23.7 Å². The maximum atomic E-state index is 2.68. The van der Waals surface area contributed by atoms with Gasteiger partial charge in [-0.2, -0.15) is 0 Å². The van der Waals surface area contributed by atoms with E-state index in [0.717, 1.165) is 5.92 Å². The van der Waals surface area contributed by atoms with Crippen LogP contribution in [0.5, 0.6) is 0 Å². The zero-order valence-corrected chi connectivity index (χ0v) is 11.5. The average molecular weight is 236 g/mol. The summed E-state index contributed by atoms with van der Waals surface area (Å²) < 4.78 is 0. The van der Waals surface area contributed by atoms with Crippen LogP contribution >= 0.6 is 7.92 Å². The average Bonchev–Trinajstić information content (AvgIpc) is 2.92. The van der Waals surface area contributed by atoms with Crippen molar-refractivity contribution in [1.29, 1.82) is 0 Å². The summed E-state index contributed by atoms with van der Waals surface area (Å²) in [5.41, 5.74) is 2.39. The Morgan fingerprint density at radius 3 is 2.56 bits per heavy atom. The Labute approximate surface area is 101 Å². The van der Waals surface area contributed by atoms with Crippen molar-refractivity contribution in [2.75, 3.05) is 6.66 Å². The Bertz CT molecular complexity index is 277. The molecule has 0 aromatic rings. The summed E-state index contributed by atoms with van der Waals surface area (Å²) in [5, 5.41) is 0. The van der Waals surface area contributed by atoms with E-state index in [2.05, 4.69) is 6.66 Å². The Morgan fingerprint density at radius 1 is 0.812 bits per heavy atom. The van der Waals surface area contributed by atoms with Gasteiger partial charge >= 0.3 is 0 Å². The number of hydrogen-bond donors (Lipinski definition) is 0. The zero-order valence-electron chi connectivity index (χ0n) is 10.6. The lowest BCUT2D eigenvalue weighted by molar-refractivity contribution is 0.159. The van der Waals surface area contributed by atoms with E-state index in [1.807, 2.05) is 0 Å². The lowest BCUT2D eigenvalue weighted by Gasteiger charge is -2.40. The van der Waals surface area contributed by atoms with E-state index in [-0.39, 0.29) is 0 Å². The molecule has 3 bridgehead atoms. The van der Waals surface area contributed by atoms with Gasteiger partial charge in [0.25, 0.3) is 0 Å². The van der Waals surface area contributed by atoms with Gasteiger partial charge in [-0.25, -0.2) is 0 Å². The van der Waals surface area contributed by atoms with E-state index in [1.165, 1.54) is 29.1 Å². The molecule has 4 aliphatic rings. The molecule has 16 heavy (non-hydrogen) atoms. The van der Waals surface area contributed by atoms with Crippen molar-refractivity contribution < 1.29 is 0 Å². The van der Waals surface area contributed by atoms with Crippen LogP contribution in [0.2, 0.25) is 0 Å². The van der Waals surface area contributed by atoms with Crippen molar-refractivity contribution >= 4 is 7.92 Å². The maximum absolute atomic E-state index is 2.68. The molecule has 90 valence electrons. The molecule has 0 radical (unpaired) electrons. The van der Waals surface area contributed by atoms with E-state index in [0.29, 0.717) is 7.92 Å². The van der Waals surface area contributed by atoms with Gasteiger partial charge in [-0.3, -0.25) is 0 Å². The molecule has 1 saturated heterocycles. The van der Waals surface area contributed by atoms with Gasteiger partial charge in [-0.15, -0.1) is 7.92 Å². The molecule has 0 aromatic heterocycles. The van der Waals surface area contributed by atoms with Crippen molar-refractivity contribution in [3.63, 3.8) is 0 Å². The fraction of sp³-hybridized carbons (Fsp3) is 1.00. The number of rotatable bonds is 0. The molecular weight excluding hydrogens is 211 g/mol. The summed E-state index contributed by atoms with van der Waals surface area (Å²) in [7, 11) is 0.389. The minimum Gasteiger partial charge on any atom is -0.103 e. The Morgan fingerprint density at radius 2 is 1.62 bits per heavy atom. The molecule has 0 amide bonds. The van der Waals surface area contributed by atoms with Gasteiger partial charge < -0.3 is 0 Å². The minimum absolute atomic E-state index is 0.389. The molecule has 3 saturated carbocycles. The molecule has 1 heteroatoms. The molecule has 0 spiro atoms.